The van der Waals surface area contributed by atoms with Crippen LogP contribution in [0, 0.1) is 5.82 Å². The van der Waals surface area contributed by atoms with E-state index >= 15 is 0 Å². The highest BCUT2D eigenvalue weighted by atomic mass is 19.1. The molecule has 0 aliphatic carbocycles. The second-order valence-electron chi connectivity index (χ2n) is 2.70. The fourth-order valence-corrected chi connectivity index (χ4v) is 1.05. The topological polar surface area (TPSA) is 64.1 Å². The standard InChI is InChI=1S/C8H11FN2O3/c1-3-14-5(2)11-4-6(9)7(12)10-8(11)13/h4-5H,3H2,1-2H3,(H,10,12,13)/t5-/m1/s1. The van der Waals surface area contributed by atoms with Crippen LogP contribution in [0.5, 0.6) is 0 Å². The average molecular weight is 202 g/mol. The van der Waals surface area contributed by atoms with Crippen molar-refractivity contribution in [3.8, 4) is 0 Å². The summed E-state index contributed by atoms with van der Waals surface area (Å²) in [6.45, 7) is 3.74. The Bertz CT molecular complexity index is 423. The van der Waals surface area contributed by atoms with Gasteiger partial charge in [0.05, 0.1) is 6.20 Å². The summed E-state index contributed by atoms with van der Waals surface area (Å²) < 4.78 is 18.9. The van der Waals surface area contributed by atoms with Gasteiger partial charge in [-0.1, -0.05) is 0 Å². The molecule has 0 saturated carbocycles. The molecule has 5 nitrogen and oxygen atoms in total. The van der Waals surface area contributed by atoms with E-state index in [1.54, 1.807) is 13.8 Å². The van der Waals surface area contributed by atoms with Crippen LogP contribution in [0.15, 0.2) is 15.8 Å². The third kappa shape index (κ3) is 2.08. The molecular formula is C8H11FN2O3. The average Bonchev–Trinajstić information content (AvgIpc) is 2.11. The molecule has 0 bridgehead atoms. The number of aromatic nitrogens is 2. The zero-order chi connectivity index (χ0) is 10.7. The third-order valence-electron chi connectivity index (χ3n) is 1.72. The van der Waals surface area contributed by atoms with Gasteiger partial charge in [-0.2, -0.15) is 4.39 Å². The molecule has 0 aromatic carbocycles. The lowest BCUT2D eigenvalue weighted by Crippen LogP contribution is -2.33. The Morgan fingerprint density at radius 3 is 2.86 bits per heavy atom. The largest absolute Gasteiger partial charge is 0.358 e. The van der Waals surface area contributed by atoms with E-state index in [1.165, 1.54) is 0 Å². The molecule has 0 radical (unpaired) electrons. The van der Waals surface area contributed by atoms with Crippen LogP contribution in [0.4, 0.5) is 4.39 Å². The summed E-state index contributed by atoms with van der Waals surface area (Å²) in [5.41, 5.74) is -1.70. The molecule has 0 amide bonds. The maximum atomic E-state index is 12.8. The van der Waals surface area contributed by atoms with Crippen LogP contribution in [0.3, 0.4) is 0 Å². The molecule has 1 aromatic heterocycles. The van der Waals surface area contributed by atoms with Gasteiger partial charge in [-0.15, -0.1) is 0 Å². The van der Waals surface area contributed by atoms with Gasteiger partial charge in [0.1, 0.15) is 6.23 Å². The molecule has 0 fully saturated rings. The number of ether oxygens (including phenoxy) is 1. The fraction of sp³-hybridized carbons (Fsp3) is 0.500. The number of nitrogens with zero attached hydrogens (tertiary/aromatic N) is 1. The van der Waals surface area contributed by atoms with E-state index in [1.807, 2.05) is 4.98 Å². The van der Waals surface area contributed by atoms with E-state index in [0.29, 0.717) is 6.61 Å². The molecule has 14 heavy (non-hydrogen) atoms. The molecule has 0 saturated heterocycles. The number of rotatable bonds is 3. The van der Waals surface area contributed by atoms with Gasteiger partial charge in [0.15, 0.2) is 0 Å². The third-order valence-corrected chi connectivity index (χ3v) is 1.72. The van der Waals surface area contributed by atoms with E-state index in [9.17, 15) is 14.0 Å². The van der Waals surface area contributed by atoms with Crippen molar-refractivity contribution in [2.24, 2.45) is 0 Å². The molecule has 78 valence electrons. The summed E-state index contributed by atoms with van der Waals surface area (Å²) in [6, 6.07) is 0. The zero-order valence-electron chi connectivity index (χ0n) is 7.91. The highest BCUT2D eigenvalue weighted by molar-refractivity contribution is 4.87. The van der Waals surface area contributed by atoms with Crippen molar-refractivity contribution in [3.05, 3.63) is 32.9 Å². The van der Waals surface area contributed by atoms with Gasteiger partial charge in [0.25, 0.3) is 5.56 Å². The van der Waals surface area contributed by atoms with Crippen molar-refractivity contribution >= 4 is 0 Å². The van der Waals surface area contributed by atoms with Crippen molar-refractivity contribution in [1.82, 2.24) is 9.55 Å². The van der Waals surface area contributed by atoms with E-state index in [0.717, 1.165) is 10.8 Å². The first kappa shape index (κ1) is 10.6. The SMILES string of the molecule is CCO[C@H](C)n1cc(F)c(=O)[nH]c1=O. The second-order valence-corrected chi connectivity index (χ2v) is 2.70. The van der Waals surface area contributed by atoms with E-state index in [4.69, 9.17) is 4.74 Å². The molecule has 1 atom stereocenters. The minimum absolute atomic E-state index is 0.397. The van der Waals surface area contributed by atoms with E-state index in [2.05, 4.69) is 0 Å². The van der Waals surface area contributed by atoms with Crippen LogP contribution in [0.1, 0.15) is 20.1 Å². The summed E-state index contributed by atoms with van der Waals surface area (Å²) in [5, 5.41) is 0. The summed E-state index contributed by atoms with van der Waals surface area (Å²) >= 11 is 0. The van der Waals surface area contributed by atoms with Crippen LogP contribution < -0.4 is 11.2 Å². The lowest BCUT2D eigenvalue weighted by atomic mass is 10.5. The van der Waals surface area contributed by atoms with Crippen LogP contribution in [0.2, 0.25) is 0 Å². The minimum atomic E-state index is -1.02. The van der Waals surface area contributed by atoms with Crippen molar-refractivity contribution in [2.75, 3.05) is 6.61 Å². The predicted molar refractivity (Wildman–Crippen MR) is 47.6 cm³/mol. The van der Waals surface area contributed by atoms with Crippen LogP contribution in [0.25, 0.3) is 0 Å². The first-order chi connectivity index (χ1) is 6.56. The van der Waals surface area contributed by atoms with E-state index in [-0.39, 0.29) is 0 Å². The van der Waals surface area contributed by atoms with Gasteiger partial charge in [-0.3, -0.25) is 14.3 Å². The summed E-state index contributed by atoms with van der Waals surface area (Å²) in [4.78, 5) is 23.7. The number of hydrogen-bond acceptors (Lipinski definition) is 3. The van der Waals surface area contributed by atoms with Gasteiger partial charge in [-0.05, 0) is 13.8 Å². The smallest absolute Gasteiger partial charge is 0.330 e. The Morgan fingerprint density at radius 1 is 1.64 bits per heavy atom. The molecule has 1 aromatic rings. The Kier molecular flexibility index (Phi) is 3.19. The number of aromatic amines is 1. The summed E-state index contributed by atoms with van der Waals surface area (Å²) in [5.74, 6) is -1.00. The van der Waals surface area contributed by atoms with Crippen LogP contribution >= 0.6 is 0 Å². The number of nitrogens with one attached hydrogen (secondary N) is 1. The normalized spacial score (nSPS) is 12.8. The second kappa shape index (κ2) is 4.19. The number of halogens is 1. The summed E-state index contributed by atoms with van der Waals surface area (Å²) in [7, 11) is 0. The van der Waals surface area contributed by atoms with Crippen molar-refractivity contribution in [2.45, 2.75) is 20.1 Å². The highest BCUT2D eigenvalue weighted by Gasteiger charge is 2.09. The lowest BCUT2D eigenvalue weighted by molar-refractivity contribution is 0.0205. The molecule has 0 spiro atoms. The maximum Gasteiger partial charge on any atom is 0.330 e. The van der Waals surface area contributed by atoms with Crippen LogP contribution in [-0.2, 0) is 4.74 Å². The molecule has 1 heterocycles. The first-order valence-electron chi connectivity index (χ1n) is 4.18. The predicted octanol–water partition coefficient (Wildman–Crippen LogP) is 0.231. The zero-order valence-corrected chi connectivity index (χ0v) is 7.91. The van der Waals surface area contributed by atoms with Gasteiger partial charge < -0.3 is 4.74 Å². The van der Waals surface area contributed by atoms with Crippen molar-refractivity contribution in [3.63, 3.8) is 0 Å². The van der Waals surface area contributed by atoms with Crippen molar-refractivity contribution < 1.29 is 9.13 Å². The number of hydrogen-bond donors (Lipinski definition) is 1. The Balaban J connectivity index is 3.16. The molecule has 1 N–H and O–H groups in total. The molecule has 1 rings (SSSR count). The molecule has 0 aliphatic heterocycles. The Morgan fingerprint density at radius 2 is 2.29 bits per heavy atom. The van der Waals surface area contributed by atoms with Gasteiger partial charge >= 0.3 is 5.69 Å². The van der Waals surface area contributed by atoms with Gasteiger partial charge in [0, 0.05) is 6.61 Å². The Hall–Kier alpha value is -1.43. The van der Waals surface area contributed by atoms with E-state index < -0.39 is 23.3 Å². The number of H-pyrrole nitrogens is 1. The van der Waals surface area contributed by atoms with Crippen LogP contribution in [-0.4, -0.2) is 16.2 Å². The molecule has 0 aliphatic rings. The van der Waals surface area contributed by atoms with Gasteiger partial charge in [0.2, 0.25) is 5.82 Å². The first-order valence-corrected chi connectivity index (χ1v) is 4.18. The quantitative estimate of drug-likeness (QED) is 0.763. The molecular weight excluding hydrogens is 191 g/mol. The summed E-state index contributed by atoms with van der Waals surface area (Å²) in [6.07, 6.45) is 0.237. The van der Waals surface area contributed by atoms with Gasteiger partial charge in [-0.25, -0.2) is 4.79 Å². The fourth-order valence-electron chi connectivity index (χ4n) is 1.05. The minimum Gasteiger partial charge on any atom is -0.358 e. The lowest BCUT2D eigenvalue weighted by Gasteiger charge is -2.13. The van der Waals surface area contributed by atoms with Crippen molar-refractivity contribution in [1.29, 1.82) is 0 Å². The molecule has 0 unspecified atom stereocenters. The monoisotopic (exact) mass is 202 g/mol. The maximum absolute atomic E-state index is 12.8. The highest BCUT2D eigenvalue weighted by Crippen LogP contribution is 2.02. The molecule has 6 heteroatoms. The Labute approximate surface area is 79.1 Å².